The molecule has 4 nitrogen and oxygen atoms in total. The van der Waals surface area contributed by atoms with E-state index in [9.17, 15) is 0 Å². The molecule has 0 saturated heterocycles. The second-order valence-corrected chi connectivity index (χ2v) is 6.03. The van der Waals surface area contributed by atoms with Gasteiger partial charge in [0.2, 0.25) is 5.89 Å². The van der Waals surface area contributed by atoms with E-state index in [1.807, 2.05) is 0 Å². The van der Waals surface area contributed by atoms with Crippen LogP contribution in [-0.2, 0) is 12.8 Å². The van der Waals surface area contributed by atoms with Crippen LogP contribution >= 0.6 is 0 Å². The van der Waals surface area contributed by atoms with Crippen molar-refractivity contribution in [3.63, 3.8) is 0 Å². The largest absolute Gasteiger partial charge is 0.339 e. The summed E-state index contributed by atoms with van der Waals surface area (Å²) in [5.41, 5.74) is 5.97. The molecule has 1 rings (SSSR count). The topological polar surface area (TPSA) is 64.9 Å². The Morgan fingerprint density at radius 2 is 1.94 bits per heavy atom. The summed E-state index contributed by atoms with van der Waals surface area (Å²) in [5.74, 6) is 2.20. The summed E-state index contributed by atoms with van der Waals surface area (Å²) in [7, 11) is 0. The van der Waals surface area contributed by atoms with Crippen LogP contribution in [0.15, 0.2) is 4.52 Å². The maximum absolute atomic E-state index is 5.69. The molecule has 0 aliphatic heterocycles. The Balaban J connectivity index is 2.50. The Labute approximate surface area is 110 Å². The van der Waals surface area contributed by atoms with Crippen LogP contribution in [0.1, 0.15) is 58.7 Å². The van der Waals surface area contributed by atoms with Gasteiger partial charge in [-0.2, -0.15) is 4.98 Å². The summed E-state index contributed by atoms with van der Waals surface area (Å²) in [4.78, 5) is 4.41. The fourth-order valence-corrected chi connectivity index (χ4v) is 2.23. The first-order valence-corrected chi connectivity index (χ1v) is 6.99. The van der Waals surface area contributed by atoms with Gasteiger partial charge in [0.05, 0.1) is 0 Å². The number of rotatable bonds is 7. The maximum atomic E-state index is 5.69. The zero-order chi connectivity index (χ0) is 13.6. The van der Waals surface area contributed by atoms with Gasteiger partial charge >= 0.3 is 0 Å². The molecule has 0 aromatic carbocycles. The van der Waals surface area contributed by atoms with Gasteiger partial charge in [-0.3, -0.25) is 0 Å². The molecule has 1 aromatic heterocycles. The van der Waals surface area contributed by atoms with Gasteiger partial charge in [-0.15, -0.1) is 0 Å². The number of nitrogens with two attached hydrogens (primary N) is 1. The highest BCUT2D eigenvalue weighted by Crippen LogP contribution is 2.31. The molecule has 0 aliphatic rings. The second-order valence-electron chi connectivity index (χ2n) is 6.03. The van der Waals surface area contributed by atoms with Gasteiger partial charge in [0.25, 0.3) is 0 Å². The van der Waals surface area contributed by atoms with E-state index >= 15 is 0 Å². The zero-order valence-corrected chi connectivity index (χ0v) is 12.2. The van der Waals surface area contributed by atoms with Crippen molar-refractivity contribution in [1.29, 1.82) is 0 Å². The van der Waals surface area contributed by atoms with E-state index in [-0.39, 0.29) is 5.41 Å². The number of hydrogen-bond acceptors (Lipinski definition) is 4. The van der Waals surface area contributed by atoms with Crippen molar-refractivity contribution in [2.24, 2.45) is 17.1 Å². The number of aromatic nitrogens is 2. The highest BCUT2D eigenvalue weighted by Gasteiger charge is 2.24. The highest BCUT2D eigenvalue weighted by molar-refractivity contribution is 4.88. The quantitative estimate of drug-likeness (QED) is 0.811. The average molecular weight is 253 g/mol. The number of aryl methyl sites for hydroxylation is 2. The lowest BCUT2D eigenvalue weighted by atomic mass is 9.76. The molecule has 0 amide bonds. The van der Waals surface area contributed by atoms with Crippen molar-refractivity contribution < 1.29 is 4.52 Å². The van der Waals surface area contributed by atoms with E-state index in [1.165, 1.54) is 0 Å². The Morgan fingerprint density at radius 1 is 1.22 bits per heavy atom. The molecule has 1 heterocycles. The summed E-state index contributed by atoms with van der Waals surface area (Å²) in [6.07, 6.45) is 4.93. The second kappa shape index (κ2) is 6.88. The smallest absolute Gasteiger partial charge is 0.226 e. The summed E-state index contributed by atoms with van der Waals surface area (Å²) in [6.45, 7) is 9.66. The molecule has 0 saturated carbocycles. The standard InChI is InChI=1S/C14H27N3O/c1-5-6-12-16-13(18-17-12)8-7-11(9-10-15)14(2,3)4/h11H,5-10,15H2,1-4H3. The minimum atomic E-state index is 0.283. The molecule has 0 bridgehead atoms. The maximum Gasteiger partial charge on any atom is 0.226 e. The van der Waals surface area contributed by atoms with Crippen molar-refractivity contribution in [3.05, 3.63) is 11.7 Å². The van der Waals surface area contributed by atoms with Crippen LogP contribution in [0.4, 0.5) is 0 Å². The van der Waals surface area contributed by atoms with Crippen LogP contribution in [0.3, 0.4) is 0 Å². The molecular formula is C14H27N3O. The lowest BCUT2D eigenvalue weighted by Crippen LogP contribution is -2.24. The monoisotopic (exact) mass is 253 g/mol. The molecule has 4 heteroatoms. The van der Waals surface area contributed by atoms with E-state index in [2.05, 4.69) is 37.8 Å². The predicted molar refractivity (Wildman–Crippen MR) is 73.2 cm³/mol. The third-order valence-electron chi connectivity index (χ3n) is 3.43. The third kappa shape index (κ3) is 4.77. The lowest BCUT2D eigenvalue weighted by Gasteiger charge is -2.30. The van der Waals surface area contributed by atoms with E-state index in [0.717, 1.165) is 50.4 Å². The van der Waals surface area contributed by atoms with Crippen LogP contribution in [0.5, 0.6) is 0 Å². The molecule has 1 unspecified atom stereocenters. The molecular weight excluding hydrogens is 226 g/mol. The van der Waals surface area contributed by atoms with Crippen molar-refractivity contribution in [2.75, 3.05) is 6.54 Å². The van der Waals surface area contributed by atoms with E-state index in [0.29, 0.717) is 5.92 Å². The van der Waals surface area contributed by atoms with Crippen molar-refractivity contribution >= 4 is 0 Å². The summed E-state index contributed by atoms with van der Waals surface area (Å²) in [6, 6.07) is 0. The summed E-state index contributed by atoms with van der Waals surface area (Å²) < 4.78 is 5.27. The van der Waals surface area contributed by atoms with Crippen molar-refractivity contribution in [3.8, 4) is 0 Å². The first-order chi connectivity index (χ1) is 8.47. The predicted octanol–water partition coefficient (Wildman–Crippen LogP) is 2.97. The van der Waals surface area contributed by atoms with E-state index in [1.54, 1.807) is 0 Å². The fraction of sp³-hybridized carbons (Fsp3) is 0.857. The molecule has 0 fully saturated rings. The number of hydrogen-bond donors (Lipinski definition) is 1. The van der Waals surface area contributed by atoms with Crippen molar-refractivity contribution in [2.45, 2.75) is 59.8 Å². The number of nitrogens with zero attached hydrogens (tertiary/aromatic N) is 2. The van der Waals surface area contributed by atoms with Crippen LogP contribution in [0.2, 0.25) is 0 Å². The van der Waals surface area contributed by atoms with Gasteiger partial charge in [0, 0.05) is 12.8 Å². The lowest BCUT2D eigenvalue weighted by molar-refractivity contribution is 0.208. The Bertz CT molecular complexity index is 341. The van der Waals surface area contributed by atoms with Gasteiger partial charge in [0.15, 0.2) is 5.82 Å². The molecule has 104 valence electrons. The van der Waals surface area contributed by atoms with Gasteiger partial charge < -0.3 is 10.3 Å². The Hall–Kier alpha value is -0.900. The average Bonchev–Trinajstić information content (AvgIpc) is 2.71. The van der Waals surface area contributed by atoms with E-state index < -0.39 is 0 Å². The first kappa shape index (κ1) is 15.2. The van der Waals surface area contributed by atoms with Gasteiger partial charge in [-0.25, -0.2) is 0 Å². The summed E-state index contributed by atoms with van der Waals surface area (Å²) >= 11 is 0. The Kier molecular flexibility index (Phi) is 5.79. The molecule has 1 atom stereocenters. The van der Waals surface area contributed by atoms with Crippen LogP contribution < -0.4 is 5.73 Å². The summed E-state index contributed by atoms with van der Waals surface area (Å²) in [5, 5.41) is 3.98. The van der Waals surface area contributed by atoms with Crippen LogP contribution in [-0.4, -0.2) is 16.7 Å². The minimum Gasteiger partial charge on any atom is -0.339 e. The van der Waals surface area contributed by atoms with Crippen molar-refractivity contribution in [1.82, 2.24) is 10.1 Å². The first-order valence-electron chi connectivity index (χ1n) is 6.99. The van der Waals surface area contributed by atoms with Crippen LogP contribution in [0.25, 0.3) is 0 Å². The molecule has 2 N–H and O–H groups in total. The molecule has 0 radical (unpaired) electrons. The molecule has 18 heavy (non-hydrogen) atoms. The third-order valence-corrected chi connectivity index (χ3v) is 3.43. The Morgan fingerprint density at radius 3 is 2.50 bits per heavy atom. The van der Waals surface area contributed by atoms with E-state index in [4.69, 9.17) is 10.3 Å². The SMILES string of the molecule is CCCc1noc(CCC(CCN)C(C)(C)C)n1. The zero-order valence-electron chi connectivity index (χ0n) is 12.2. The minimum absolute atomic E-state index is 0.283. The highest BCUT2D eigenvalue weighted by atomic mass is 16.5. The van der Waals surface area contributed by atoms with Gasteiger partial charge in [-0.1, -0.05) is 32.9 Å². The van der Waals surface area contributed by atoms with Gasteiger partial charge in [0.1, 0.15) is 0 Å². The fourth-order valence-electron chi connectivity index (χ4n) is 2.23. The molecule has 1 aromatic rings. The normalized spacial score (nSPS) is 13.8. The molecule has 0 spiro atoms. The van der Waals surface area contributed by atoms with Crippen LogP contribution in [0, 0.1) is 11.3 Å². The van der Waals surface area contributed by atoms with Gasteiger partial charge in [-0.05, 0) is 37.1 Å². The molecule has 0 aliphatic carbocycles.